The Kier molecular flexibility index (Phi) is 35.9. The number of hydrogen-bond donors (Lipinski definition) is 5. The molecule has 19 rings (SSSR count). The predicted molar refractivity (Wildman–Crippen MR) is 549 cm³/mol. The van der Waals surface area contributed by atoms with Gasteiger partial charge in [-0.15, -0.1) is 0 Å². The first-order valence-electron chi connectivity index (χ1n) is 52.2. The highest BCUT2D eigenvalue weighted by molar-refractivity contribution is 6.74. The van der Waals surface area contributed by atoms with Crippen molar-refractivity contribution in [3.05, 3.63) is 162 Å². The molecule has 39 heteroatoms. The largest absolute Gasteiger partial charge is 0.414 e. The number of ether oxygens (including phenoxy) is 2. The summed E-state index contributed by atoms with van der Waals surface area (Å²) in [6.07, 6.45) is 41.7. The van der Waals surface area contributed by atoms with Crippen molar-refractivity contribution >= 4 is 92.4 Å². The molecule has 5 N–H and O–H groups in total. The lowest BCUT2D eigenvalue weighted by Crippen LogP contribution is -2.44. The summed E-state index contributed by atoms with van der Waals surface area (Å²) >= 11 is 0. The number of H-pyrrole nitrogens is 5. The normalized spacial score (nSPS) is 18.9. The molecule has 144 heavy (non-hydrogen) atoms. The second-order valence-electron chi connectivity index (χ2n) is 41.9. The summed E-state index contributed by atoms with van der Waals surface area (Å²) in [5, 5.41) is 22.5. The first kappa shape index (κ1) is 106. The quantitative estimate of drug-likeness (QED) is 0.0206. The number of unbranched alkanes of at least 4 members (excludes halogenated alkanes) is 3. The number of fused-ring (bicyclic) bond motifs is 5. The van der Waals surface area contributed by atoms with Crippen LogP contribution in [-0.2, 0) is 46.0 Å². The zero-order valence-corrected chi connectivity index (χ0v) is 86.0. The van der Waals surface area contributed by atoms with Gasteiger partial charge in [-0.05, 0) is 274 Å². The average Bonchev–Trinajstić information content (AvgIpc) is 1.05. The van der Waals surface area contributed by atoms with Crippen molar-refractivity contribution in [1.29, 1.82) is 0 Å². The Bertz CT molecular complexity index is 6950. The van der Waals surface area contributed by atoms with Crippen LogP contribution in [0, 0.1) is 35.0 Å². The number of aromatic amines is 5. The van der Waals surface area contributed by atoms with Gasteiger partial charge in [0.2, 0.25) is 28.6 Å². The number of rotatable bonds is 30. The van der Waals surface area contributed by atoms with E-state index in [4.69, 9.17) is 60.2 Å². The Hall–Kier alpha value is -12.1. The smallest absolute Gasteiger partial charge is 0.337 e. The van der Waals surface area contributed by atoms with Crippen molar-refractivity contribution < 1.29 is 60.2 Å². The van der Waals surface area contributed by atoms with E-state index in [0.717, 1.165) is 220 Å². The molecule has 0 atom stereocenters. The summed E-state index contributed by atoms with van der Waals surface area (Å²) in [4.78, 5) is 183. The molecule has 9 fully saturated rings. The van der Waals surface area contributed by atoms with Gasteiger partial charge in [0.1, 0.15) is 26.9 Å². The Morgan fingerprint density at radius 3 is 0.993 bits per heavy atom. The lowest BCUT2D eigenvalue weighted by Gasteiger charge is -2.40. The van der Waals surface area contributed by atoms with Gasteiger partial charge >= 0.3 is 58.2 Å². The van der Waals surface area contributed by atoms with Crippen LogP contribution < -0.4 is 80.1 Å². The number of nitrogens with zero attached hydrogens (tertiary/aromatic N) is 10. The van der Waals surface area contributed by atoms with Crippen LogP contribution in [0.5, 0.6) is 30.1 Å². The molecule has 0 unspecified atom stereocenters. The minimum atomic E-state index is -1.79. The van der Waals surface area contributed by atoms with Gasteiger partial charge < -0.3 is 60.2 Å². The Labute approximate surface area is 832 Å². The van der Waals surface area contributed by atoms with Crippen molar-refractivity contribution in [3.8, 4) is 30.1 Å². The lowest BCUT2D eigenvalue weighted by atomic mass is 9.81. The van der Waals surface area contributed by atoms with Crippen molar-refractivity contribution in [2.75, 3.05) is 13.2 Å². The second kappa shape index (κ2) is 48.7. The van der Waals surface area contributed by atoms with Crippen molar-refractivity contribution in [3.63, 3.8) is 0 Å². The molecule has 8 saturated carbocycles. The molecule has 0 amide bonds. The van der Waals surface area contributed by atoms with Crippen LogP contribution in [-0.4, -0.2) is 112 Å². The Morgan fingerprint density at radius 1 is 0.375 bits per heavy atom. The predicted octanol–water partition coefficient (Wildman–Crippen LogP) is 19.0. The Balaban J connectivity index is 0.000000136. The van der Waals surface area contributed by atoms with Crippen molar-refractivity contribution in [1.82, 2.24) is 49.8 Å². The molecule has 1 aliphatic heterocycles. The van der Waals surface area contributed by atoms with E-state index in [2.05, 4.69) is 144 Å². The fourth-order valence-corrected chi connectivity index (χ4v) is 21.2. The van der Waals surface area contributed by atoms with Gasteiger partial charge in [-0.25, -0.2) is 24.0 Å². The Morgan fingerprint density at radius 2 is 0.681 bits per heavy atom. The molecule has 2 spiro atoms. The highest BCUT2D eigenvalue weighted by Gasteiger charge is 2.45. The summed E-state index contributed by atoms with van der Waals surface area (Å²) in [5.41, 5.74) is 4.10. The van der Waals surface area contributed by atoms with E-state index in [0.29, 0.717) is 130 Å². The van der Waals surface area contributed by atoms with Gasteiger partial charge in [0.05, 0.1) is 41.8 Å². The summed E-state index contributed by atoms with van der Waals surface area (Å²) in [5.74, 6) is 3.14. The van der Waals surface area contributed by atoms with Crippen LogP contribution in [0.1, 0.15) is 334 Å². The molecule has 11 heterocycles. The van der Waals surface area contributed by atoms with Gasteiger partial charge in [-0.3, -0.25) is 48.9 Å². The molecule has 1 saturated heterocycles. The second-order valence-corrected chi connectivity index (χ2v) is 46.7. The van der Waals surface area contributed by atoms with E-state index in [1.807, 2.05) is 6.92 Å². The molecule has 9 aliphatic rings. The summed E-state index contributed by atoms with van der Waals surface area (Å²) < 4.78 is 43.7. The summed E-state index contributed by atoms with van der Waals surface area (Å²) in [6.45, 7) is 25.4. The maximum absolute atomic E-state index is 12.7. The standard InChI is InChI=1S/C23H35N3O5Si.C22H27N3O6.C21H25N3O4.C20H27N3O4.C19H25N3O4/c1-7-8-9-15-14-18(27)29-21-19(15)20(28)24-22(25-21)30-26-16-10-12-17(13-11-16)31-32(5,6)23(2,3)4;26-17-13-15(6-5-14-3-1-2-4-14)18-19(27)23-21(24-20(18)30-17)31-25-16-7-9-22(10-8-16)28-11-12-29-22;25-16-12-14(3-1-2-13-4-5-13)17-18(26)22-20(23-19(17)27-16)28-24-15-6-8-21(9-7-15)10-11-21;1-4-5-6-14-11-16(24)26-19-17(14)18(25)21-20(22-19)27-23-15-9-7-13(8-10-15)12(2)3;1-3-5-6-13-11-15(23)25-18-16(13)17(24)20-19(21-18)26-22-14-9-7-12(4-2)8-10-14/h14,17H,7-13H2,1-6H3,(H,24,25,28);13-14H,1-12H2,(H,23,24,27);12-13H,1-11H2,(H,22,23,26);11-13H,4-10H2,1-3H3,(H,21,22,25);11-12H,3-10H2,1-2H3,(H,20,21,24). The van der Waals surface area contributed by atoms with Crippen LogP contribution in [0.2, 0.25) is 18.1 Å². The first-order chi connectivity index (χ1) is 69.3. The van der Waals surface area contributed by atoms with Crippen LogP contribution in [0.3, 0.4) is 0 Å². The number of oxime groups is 5. The average molecular weight is 2010 g/mol. The minimum absolute atomic E-state index is 0.00255. The topological polar surface area (TPSA) is 515 Å². The number of hydrogen-bond acceptors (Lipinski definition) is 33. The van der Waals surface area contributed by atoms with E-state index in [1.54, 1.807) is 0 Å². The van der Waals surface area contributed by atoms with Crippen LogP contribution in [0.15, 0.2) is 126 Å². The van der Waals surface area contributed by atoms with E-state index in [1.165, 1.54) is 88.1 Å². The van der Waals surface area contributed by atoms with Gasteiger partial charge in [0.15, 0.2) is 14.1 Å². The van der Waals surface area contributed by atoms with Crippen LogP contribution >= 0.6 is 0 Å². The fourth-order valence-electron chi connectivity index (χ4n) is 19.7. The molecule has 8 aliphatic carbocycles. The maximum Gasteiger partial charge on any atom is 0.337 e. The van der Waals surface area contributed by atoms with Crippen molar-refractivity contribution in [2.45, 2.75) is 368 Å². The third-order valence-corrected chi connectivity index (χ3v) is 34.5. The zero-order chi connectivity index (χ0) is 102. The van der Waals surface area contributed by atoms with Crippen LogP contribution in [0.25, 0.3) is 55.5 Å². The van der Waals surface area contributed by atoms with Gasteiger partial charge in [-0.2, -0.15) is 24.9 Å². The first-order valence-corrected chi connectivity index (χ1v) is 55.1. The summed E-state index contributed by atoms with van der Waals surface area (Å²) in [7, 11) is -1.79. The molecule has 0 aromatic carbocycles. The number of aryl methyl sites for hydroxylation is 5. The van der Waals surface area contributed by atoms with E-state index in [9.17, 15) is 47.9 Å². The highest BCUT2D eigenvalue weighted by atomic mass is 28.4. The molecule has 0 radical (unpaired) electrons. The summed E-state index contributed by atoms with van der Waals surface area (Å²) in [6, 6.07) is 6.59. The third kappa shape index (κ3) is 28.8. The lowest BCUT2D eigenvalue weighted by molar-refractivity contribution is -0.167. The highest BCUT2D eigenvalue weighted by Crippen LogP contribution is 2.56. The van der Waals surface area contributed by atoms with E-state index in [-0.39, 0.29) is 92.0 Å². The monoisotopic (exact) mass is 2010 g/mol. The van der Waals surface area contributed by atoms with Gasteiger partial charge in [0.25, 0.3) is 27.8 Å². The van der Waals surface area contributed by atoms with E-state index >= 15 is 0 Å². The number of nitrogens with one attached hydrogen (secondary N) is 5. The third-order valence-electron chi connectivity index (χ3n) is 30.0. The molecular weight excluding hydrogens is 1870 g/mol. The SMILES string of the molecule is CCCCc1cc(=O)oc2nc(ON=C3CCC(C(C)C)CC3)[nH]c(=O)c12.CCCCc1cc(=O)oc2nc(ON=C3CCC(CC)CC3)[nH]c(=O)c12.CCCCc1cc(=O)oc2nc(ON=C3CCC(O[Si](C)(C)C(C)(C)C)CC3)[nH]c(=O)c12.O=c1cc(CCC2CCCC2)c2c(=O)[nH]c(ON=C3CCC4(CC3)OCCO4)nc2o1.O=c1cc(CCCC2CC2)c2c(=O)[nH]c(ON=C3CCC4(CC3)CC4)nc2o1. The van der Waals surface area contributed by atoms with Crippen LogP contribution in [0.4, 0.5) is 0 Å². The molecule has 776 valence electrons. The van der Waals surface area contributed by atoms with Gasteiger partial charge in [-0.1, -0.05) is 159 Å². The molecular formula is C105H139N15O23Si. The molecule has 10 aromatic rings. The minimum Gasteiger partial charge on any atom is -0.414 e. The van der Waals surface area contributed by atoms with Crippen molar-refractivity contribution in [2.24, 2.45) is 60.8 Å². The molecule has 10 aromatic heterocycles. The zero-order valence-electron chi connectivity index (χ0n) is 85.0. The molecule has 0 bridgehead atoms. The van der Waals surface area contributed by atoms with Gasteiger partial charge in [0, 0.05) is 49.3 Å². The fraction of sp³-hybridized carbons (Fsp3) is 0.619. The molecule has 38 nitrogen and oxygen atoms in total. The number of aromatic nitrogens is 10. The van der Waals surface area contributed by atoms with E-state index < -0.39 is 47.8 Å². The maximum atomic E-state index is 12.7.